The molecule has 1 heterocycles. The number of fused-ring (bicyclic) bond motifs is 1. The van der Waals surface area contributed by atoms with Crippen LogP contribution >= 0.6 is 0 Å². The van der Waals surface area contributed by atoms with E-state index in [1.165, 1.54) is 0 Å². The maximum Gasteiger partial charge on any atom is 0.134 e. The molecule has 0 aromatic heterocycles. The quantitative estimate of drug-likeness (QED) is 0.629. The fraction of sp³-hybridized carbons (Fsp3) is 0.417. The first-order valence-electron chi connectivity index (χ1n) is 5.31. The van der Waals surface area contributed by atoms with Crippen molar-refractivity contribution in [1.29, 1.82) is 0 Å². The van der Waals surface area contributed by atoms with Gasteiger partial charge in [-0.05, 0) is 18.1 Å². The molecule has 0 aliphatic carbocycles. The smallest absolute Gasteiger partial charge is 0.134 e. The lowest BCUT2D eigenvalue weighted by Crippen LogP contribution is -2.04. The van der Waals surface area contributed by atoms with Crippen molar-refractivity contribution in [3.63, 3.8) is 0 Å². The fourth-order valence-electron chi connectivity index (χ4n) is 1.52. The van der Waals surface area contributed by atoms with Crippen molar-refractivity contribution in [3.8, 4) is 11.5 Å². The van der Waals surface area contributed by atoms with Crippen molar-refractivity contribution in [3.05, 3.63) is 23.8 Å². The Kier molecular flexibility index (Phi) is 2.99. The second-order valence-electron chi connectivity index (χ2n) is 4.20. The highest BCUT2D eigenvalue weighted by Crippen LogP contribution is 2.30. The summed E-state index contributed by atoms with van der Waals surface area (Å²) in [5.41, 5.74) is 1.39. The van der Waals surface area contributed by atoms with Crippen LogP contribution in [-0.4, -0.2) is 24.1 Å². The Morgan fingerprint density at radius 1 is 1.50 bits per heavy atom. The summed E-state index contributed by atoms with van der Waals surface area (Å²) in [5.74, 6) is 1.99. The van der Waals surface area contributed by atoms with Crippen molar-refractivity contribution in [2.45, 2.75) is 13.8 Å². The van der Waals surface area contributed by atoms with Crippen LogP contribution in [0.15, 0.2) is 23.4 Å². The van der Waals surface area contributed by atoms with Crippen LogP contribution in [0.3, 0.4) is 0 Å². The summed E-state index contributed by atoms with van der Waals surface area (Å²) in [4.78, 5) is 0. The van der Waals surface area contributed by atoms with E-state index < -0.39 is 0 Å². The Hall–Kier alpha value is -1.71. The molecule has 0 atom stereocenters. The van der Waals surface area contributed by atoms with Gasteiger partial charge in [0, 0.05) is 11.6 Å². The van der Waals surface area contributed by atoms with E-state index in [9.17, 15) is 0 Å². The summed E-state index contributed by atoms with van der Waals surface area (Å²) < 4.78 is 11.0. The maximum absolute atomic E-state index is 8.73. The molecule has 1 N–H and O–H groups in total. The van der Waals surface area contributed by atoms with Crippen molar-refractivity contribution in [1.82, 2.24) is 0 Å². The molecule has 2 rings (SSSR count). The van der Waals surface area contributed by atoms with Crippen LogP contribution < -0.4 is 9.47 Å². The van der Waals surface area contributed by atoms with Gasteiger partial charge in [0.1, 0.15) is 23.8 Å². The average molecular weight is 221 g/mol. The van der Waals surface area contributed by atoms with Gasteiger partial charge in [0.2, 0.25) is 0 Å². The zero-order valence-electron chi connectivity index (χ0n) is 9.43. The monoisotopic (exact) mass is 221 g/mol. The molecule has 1 aliphatic heterocycles. The standard InChI is InChI=1S/C12H15NO3/c1-8(2)6-15-9-3-4-10-11(13-14)7-16-12(10)5-9/h3-5,8,14H,6-7H2,1-2H3. The normalized spacial score (nSPS) is 16.3. The Bertz CT molecular complexity index is 413. The summed E-state index contributed by atoms with van der Waals surface area (Å²) in [5, 5.41) is 11.9. The summed E-state index contributed by atoms with van der Waals surface area (Å²) >= 11 is 0. The topological polar surface area (TPSA) is 51.0 Å². The van der Waals surface area contributed by atoms with Crippen molar-refractivity contribution in [2.24, 2.45) is 11.1 Å². The van der Waals surface area contributed by atoms with E-state index in [1.807, 2.05) is 18.2 Å². The second-order valence-corrected chi connectivity index (χ2v) is 4.20. The third-order valence-corrected chi connectivity index (χ3v) is 2.33. The average Bonchev–Trinajstić information content (AvgIpc) is 2.68. The molecule has 0 radical (unpaired) electrons. The maximum atomic E-state index is 8.73. The molecule has 0 saturated carbocycles. The highest BCUT2D eigenvalue weighted by Gasteiger charge is 2.20. The van der Waals surface area contributed by atoms with Gasteiger partial charge in [-0.25, -0.2) is 0 Å². The number of oxime groups is 1. The van der Waals surface area contributed by atoms with Crippen molar-refractivity contribution >= 4 is 5.71 Å². The van der Waals surface area contributed by atoms with Crippen LogP contribution in [-0.2, 0) is 0 Å². The minimum atomic E-state index is 0.319. The van der Waals surface area contributed by atoms with Crippen molar-refractivity contribution in [2.75, 3.05) is 13.2 Å². The van der Waals surface area contributed by atoms with E-state index in [4.69, 9.17) is 14.7 Å². The van der Waals surface area contributed by atoms with Crippen LogP contribution in [0.4, 0.5) is 0 Å². The van der Waals surface area contributed by atoms with Gasteiger partial charge in [-0.3, -0.25) is 0 Å². The molecule has 1 aliphatic rings. The molecule has 16 heavy (non-hydrogen) atoms. The van der Waals surface area contributed by atoms with Crippen LogP contribution in [0.25, 0.3) is 0 Å². The Labute approximate surface area is 94.5 Å². The molecule has 0 amide bonds. The lowest BCUT2D eigenvalue weighted by atomic mass is 10.1. The molecule has 4 heteroatoms. The van der Waals surface area contributed by atoms with Gasteiger partial charge in [-0.15, -0.1) is 0 Å². The first-order chi connectivity index (χ1) is 7.70. The zero-order valence-corrected chi connectivity index (χ0v) is 9.43. The summed E-state index contributed by atoms with van der Waals surface area (Å²) in [6, 6.07) is 5.55. The Balaban J connectivity index is 2.15. The number of hydrogen-bond donors (Lipinski definition) is 1. The van der Waals surface area contributed by atoms with Crippen LogP contribution in [0, 0.1) is 5.92 Å². The van der Waals surface area contributed by atoms with E-state index in [0.29, 0.717) is 30.6 Å². The van der Waals surface area contributed by atoms with Gasteiger partial charge in [-0.1, -0.05) is 19.0 Å². The lowest BCUT2D eigenvalue weighted by molar-refractivity contribution is 0.269. The van der Waals surface area contributed by atoms with Crippen LogP contribution in [0.5, 0.6) is 11.5 Å². The van der Waals surface area contributed by atoms with Gasteiger partial charge in [0.25, 0.3) is 0 Å². The summed E-state index contributed by atoms with van der Waals surface area (Å²) in [6.45, 7) is 5.19. The molecule has 0 fully saturated rings. The van der Waals surface area contributed by atoms with Crippen LogP contribution in [0.2, 0.25) is 0 Å². The van der Waals surface area contributed by atoms with Crippen LogP contribution in [0.1, 0.15) is 19.4 Å². The Morgan fingerprint density at radius 3 is 3.00 bits per heavy atom. The molecule has 86 valence electrons. The molecule has 0 saturated heterocycles. The fourth-order valence-corrected chi connectivity index (χ4v) is 1.52. The largest absolute Gasteiger partial charge is 0.493 e. The third kappa shape index (κ3) is 2.10. The highest BCUT2D eigenvalue weighted by atomic mass is 16.5. The molecular weight excluding hydrogens is 206 g/mol. The van der Waals surface area contributed by atoms with Gasteiger partial charge < -0.3 is 14.7 Å². The second kappa shape index (κ2) is 4.43. The van der Waals surface area contributed by atoms with E-state index in [0.717, 1.165) is 11.3 Å². The predicted octanol–water partition coefficient (Wildman–Crippen LogP) is 2.29. The molecule has 0 bridgehead atoms. The number of rotatable bonds is 3. The Morgan fingerprint density at radius 2 is 2.31 bits per heavy atom. The molecule has 1 aromatic rings. The van der Waals surface area contributed by atoms with E-state index in [2.05, 4.69) is 19.0 Å². The molecule has 1 aromatic carbocycles. The minimum Gasteiger partial charge on any atom is -0.493 e. The highest BCUT2D eigenvalue weighted by molar-refractivity contribution is 6.05. The first kappa shape index (κ1) is 10.8. The van der Waals surface area contributed by atoms with Gasteiger partial charge in [0.15, 0.2) is 0 Å². The number of benzene rings is 1. The number of ether oxygens (including phenoxy) is 2. The lowest BCUT2D eigenvalue weighted by Gasteiger charge is -2.09. The van der Waals surface area contributed by atoms with Gasteiger partial charge >= 0.3 is 0 Å². The minimum absolute atomic E-state index is 0.319. The number of hydrogen-bond acceptors (Lipinski definition) is 4. The molecular formula is C12H15NO3. The molecule has 0 unspecified atom stereocenters. The van der Waals surface area contributed by atoms with E-state index in [1.54, 1.807) is 0 Å². The molecule has 0 spiro atoms. The summed E-state index contributed by atoms with van der Waals surface area (Å²) in [7, 11) is 0. The zero-order chi connectivity index (χ0) is 11.5. The first-order valence-corrected chi connectivity index (χ1v) is 5.31. The predicted molar refractivity (Wildman–Crippen MR) is 60.6 cm³/mol. The van der Waals surface area contributed by atoms with E-state index >= 15 is 0 Å². The van der Waals surface area contributed by atoms with E-state index in [-0.39, 0.29) is 0 Å². The summed E-state index contributed by atoms with van der Waals surface area (Å²) in [6.07, 6.45) is 0. The molecule has 4 nitrogen and oxygen atoms in total. The SMILES string of the molecule is CC(C)COc1ccc2c(c1)OCC2=NO. The van der Waals surface area contributed by atoms with Gasteiger partial charge in [0.05, 0.1) is 6.61 Å². The third-order valence-electron chi connectivity index (χ3n) is 2.33. The number of nitrogens with zero attached hydrogens (tertiary/aromatic N) is 1. The van der Waals surface area contributed by atoms with Gasteiger partial charge in [-0.2, -0.15) is 0 Å². The van der Waals surface area contributed by atoms with Crippen molar-refractivity contribution < 1.29 is 14.7 Å².